The molecule has 1 aromatic heterocycles. The number of nitrogens with zero attached hydrogens (tertiary/aromatic N) is 2. The van der Waals surface area contributed by atoms with Gasteiger partial charge < -0.3 is 5.32 Å². The lowest BCUT2D eigenvalue weighted by Crippen LogP contribution is -2.42. The molecular weight excluding hydrogens is 346 g/mol. The molecule has 1 heterocycles. The highest BCUT2D eigenvalue weighted by atomic mass is 35.5. The summed E-state index contributed by atoms with van der Waals surface area (Å²) in [5.74, 6) is 0.745. The van der Waals surface area contributed by atoms with Crippen molar-refractivity contribution in [2.24, 2.45) is 0 Å². The number of carbonyl (C=O) groups is 1. The fourth-order valence-corrected chi connectivity index (χ4v) is 3.48. The molecule has 1 N–H and O–H groups in total. The van der Waals surface area contributed by atoms with E-state index in [0.29, 0.717) is 5.56 Å². The Morgan fingerprint density at radius 2 is 1.81 bits per heavy atom. The maximum atomic E-state index is 10.9. The van der Waals surface area contributed by atoms with E-state index < -0.39 is 0 Å². The number of rotatable bonds is 5. The van der Waals surface area contributed by atoms with Gasteiger partial charge in [0.2, 0.25) is 0 Å². The third-order valence-corrected chi connectivity index (χ3v) is 5.21. The molecule has 1 aliphatic rings. The predicted octanol–water partition coefficient (Wildman–Crippen LogP) is 5.10. The number of benzene rings is 2. The van der Waals surface area contributed by atoms with E-state index >= 15 is 0 Å². The molecule has 0 bridgehead atoms. The van der Waals surface area contributed by atoms with E-state index in [1.807, 2.05) is 42.5 Å². The number of nitrogens with one attached hydrogen (secondary N) is 1. The molecule has 2 aromatic carbocycles. The van der Waals surface area contributed by atoms with Crippen molar-refractivity contribution in [3.05, 3.63) is 76.8 Å². The van der Waals surface area contributed by atoms with Gasteiger partial charge in [-0.1, -0.05) is 41.9 Å². The molecule has 4 nitrogen and oxygen atoms in total. The largest absolute Gasteiger partial charge is 0.359 e. The van der Waals surface area contributed by atoms with E-state index in [9.17, 15) is 4.79 Å². The van der Waals surface area contributed by atoms with Gasteiger partial charge in [-0.15, -0.1) is 10.2 Å². The first-order chi connectivity index (χ1) is 12.7. The van der Waals surface area contributed by atoms with Gasteiger partial charge in [0.15, 0.2) is 0 Å². The van der Waals surface area contributed by atoms with Gasteiger partial charge in [-0.25, -0.2) is 0 Å². The summed E-state index contributed by atoms with van der Waals surface area (Å²) in [4.78, 5) is 10.9. The zero-order valence-corrected chi connectivity index (χ0v) is 14.9. The van der Waals surface area contributed by atoms with Crippen molar-refractivity contribution in [3.8, 4) is 11.3 Å². The summed E-state index contributed by atoms with van der Waals surface area (Å²) in [5, 5.41) is 13.0. The Morgan fingerprint density at radius 3 is 2.42 bits per heavy atom. The van der Waals surface area contributed by atoms with Crippen LogP contribution in [-0.4, -0.2) is 16.5 Å². The molecule has 4 rings (SSSR count). The van der Waals surface area contributed by atoms with Crippen LogP contribution < -0.4 is 5.32 Å². The van der Waals surface area contributed by atoms with Crippen LogP contribution in [0, 0.1) is 0 Å². The summed E-state index contributed by atoms with van der Waals surface area (Å²) >= 11 is 6.02. The van der Waals surface area contributed by atoms with Gasteiger partial charge in [-0.05, 0) is 55.2 Å². The monoisotopic (exact) mass is 363 g/mol. The van der Waals surface area contributed by atoms with E-state index in [1.165, 1.54) is 12.0 Å². The van der Waals surface area contributed by atoms with E-state index in [-0.39, 0.29) is 5.54 Å². The molecule has 130 valence electrons. The Hall–Kier alpha value is -2.72. The number of carbonyl (C=O) groups excluding carboxylic acids is 1. The average molecular weight is 364 g/mol. The molecule has 3 aromatic rings. The van der Waals surface area contributed by atoms with Crippen molar-refractivity contribution < 1.29 is 4.79 Å². The summed E-state index contributed by atoms with van der Waals surface area (Å²) in [7, 11) is 0. The summed E-state index contributed by atoms with van der Waals surface area (Å²) in [6.07, 6.45) is 4.12. The Bertz CT molecular complexity index is 919. The maximum Gasteiger partial charge on any atom is 0.150 e. The Morgan fingerprint density at radius 1 is 1.00 bits per heavy atom. The van der Waals surface area contributed by atoms with Crippen molar-refractivity contribution in [2.75, 3.05) is 5.32 Å². The predicted molar refractivity (Wildman–Crippen MR) is 103 cm³/mol. The summed E-state index contributed by atoms with van der Waals surface area (Å²) in [5.41, 5.74) is 3.37. The minimum absolute atomic E-state index is 0.0990. The molecule has 1 saturated carbocycles. The van der Waals surface area contributed by atoms with Crippen molar-refractivity contribution in [3.63, 3.8) is 0 Å². The van der Waals surface area contributed by atoms with Crippen LogP contribution in [0.1, 0.15) is 35.2 Å². The molecule has 0 amide bonds. The van der Waals surface area contributed by atoms with Gasteiger partial charge in [0, 0.05) is 16.1 Å². The fourth-order valence-electron chi connectivity index (χ4n) is 3.35. The second-order valence-electron chi connectivity index (χ2n) is 6.61. The zero-order valence-electron chi connectivity index (χ0n) is 14.2. The van der Waals surface area contributed by atoms with Crippen LogP contribution in [0.3, 0.4) is 0 Å². The van der Waals surface area contributed by atoms with Gasteiger partial charge in [0.05, 0.1) is 11.2 Å². The molecule has 0 spiro atoms. The molecule has 0 atom stereocenters. The molecule has 26 heavy (non-hydrogen) atoms. The summed E-state index contributed by atoms with van der Waals surface area (Å²) < 4.78 is 0. The number of halogens is 1. The lowest BCUT2D eigenvalue weighted by molar-refractivity contribution is 0.112. The highest BCUT2D eigenvalue weighted by Gasteiger charge is 2.38. The Labute approximate surface area is 157 Å². The molecule has 1 aliphatic carbocycles. The van der Waals surface area contributed by atoms with Gasteiger partial charge in [0.25, 0.3) is 0 Å². The first-order valence-electron chi connectivity index (χ1n) is 8.62. The topological polar surface area (TPSA) is 54.9 Å². The summed E-state index contributed by atoms with van der Waals surface area (Å²) in [6, 6.07) is 19.2. The number of hydrogen-bond acceptors (Lipinski definition) is 4. The smallest absolute Gasteiger partial charge is 0.150 e. The van der Waals surface area contributed by atoms with Gasteiger partial charge >= 0.3 is 0 Å². The molecule has 0 radical (unpaired) electrons. The van der Waals surface area contributed by atoms with Crippen molar-refractivity contribution >= 4 is 23.7 Å². The van der Waals surface area contributed by atoms with Crippen LogP contribution in [-0.2, 0) is 5.54 Å². The van der Waals surface area contributed by atoms with Crippen LogP contribution in [0.25, 0.3) is 11.3 Å². The second kappa shape index (κ2) is 6.89. The van der Waals surface area contributed by atoms with E-state index in [4.69, 9.17) is 11.6 Å². The summed E-state index contributed by atoms with van der Waals surface area (Å²) in [6.45, 7) is 0. The number of hydrogen-bond donors (Lipinski definition) is 1. The highest BCUT2D eigenvalue weighted by Crippen LogP contribution is 2.44. The maximum absolute atomic E-state index is 10.9. The zero-order chi connectivity index (χ0) is 18.0. The number of aldehydes is 1. The third kappa shape index (κ3) is 3.20. The molecule has 0 unspecified atom stereocenters. The van der Waals surface area contributed by atoms with Crippen LogP contribution in [0.4, 0.5) is 5.82 Å². The normalized spacial score (nSPS) is 15.1. The SMILES string of the molecule is O=Cc1cccc(-c2ccc(NC3(c4ccc(Cl)cc4)CCC3)nn2)c1. The third-order valence-electron chi connectivity index (χ3n) is 4.95. The lowest BCUT2D eigenvalue weighted by Gasteiger charge is -2.43. The lowest BCUT2D eigenvalue weighted by atomic mass is 9.72. The minimum Gasteiger partial charge on any atom is -0.359 e. The number of anilines is 1. The highest BCUT2D eigenvalue weighted by molar-refractivity contribution is 6.30. The molecular formula is C21H18ClN3O. The molecule has 0 aliphatic heterocycles. The van der Waals surface area contributed by atoms with E-state index in [2.05, 4.69) is 27.6 Å². The van der Waals surface area contributed by atoms with Crippen LogP contribution >= 0.6 is 11.6 Å². The second-order valence-corrected chi connectivity index (χ2v) is 7.05. The molecule has 5 heteroatoms. The molecule has 1 fully saturated rings. The van der Waals surface area contributed by atoms with E-state index in [0.717, 1.165) is 41.2 Å². The van der Waals surface area contributed by atoms with Crippen molar-refractivity contribution in [2.45, 2.75) is 24.8 Å². The van der Waals surface area contributed by atoms with E-state index in [1.54, 1.807) is 6.07 Å². The van der Waals surface area contributed by atoms with Crippen LogP contribution in [0.15, 0.2) is 60.7 Å². The fraction of sp³-hybridized carbons (Fsp3) is 0.190. The van der Waals surface area contributed by atoms with Crippen LogP contribution in [0.5, 0.6) is 0 Å². The number of aromatic nitrogens is 2. The van der Waals surface area contributed by atoms with Gasteiger partial charge in [0.1, 0.15) is 12.1 Å². The first-order valence-corrected chi connectivity index (χ1v) is 9.00. The quantitative estimate of drug-likeness (QED) is 0.640. The van der Waals surface area contributed by atoms with Crippen LogP contribution in [0.2, 0.25) is 5.02 Å². The molecule has 0 saturated heterocycles. The average Bonchev–Trinajstić information content (AvgIpc) is 2.66. The standard InChI is InChI=1S/C21H18ClN3O/c22-18-7-5-17(6-8-18)21(11-2-12-21)23-20-10-9-19(24-25-20)16-4-1-3-15(13-16)14-26/h1,3-10,13-14H,2,11-12H2,(H,23,25). The Kier molecular flexibility index (Phi) is 4.43. The van der Waals surface area contributed by atoms with Crippen molar-refractivity contribution in [1.82, 2.24) is 10.2 Å². The minimum atomic E-state index is -0.0990. The Balaban J connectivity index is 1.56. The first kappa shape index (κ1) is 16.7. The van der Waals surface area contributed by atoms with Gasteiger partial charge in [-0.3, -0.25) is 4.79 Å². The van der Waals surface area contributed by atoms with Crippen molar-refractivity contribution in [1.29, 1.82) is 0 Å². The van der Waals surface area contributed by atoms with Gasteiger partial charge in [-0.2, -0.15) is 0 Å².